The van der Waals surface area contributed by atoms with Gasteiger partial charge in [-0.3, -0.25) is 0 Å². The molecule has 0 aliphatic carbocycles. The van der Waals surface area contributed by atoms with Gasteiger partial charge in [0.2, 0.25) is 0 Å². The number of hydrogen-bond donors (Lipinski definition) is 0. The zero-order valence-electron chi connectivity index (χ0n) is 20.9. The molecular weight excluding hydrogens is 476 g/mol. The Morgan fingerprint density at radius 1 is 1.11 bits per heavy atom. The lowest BCUT2D eigenvalue weighted by molar-refractivity contribution is -0.137. The van der Waals surface area contributed by atoms with Crippen molar-refractivity contribution in [1.82, 2.24) is 14.6 Å². The molecule has 0 N–H and O–H groups in total. The van der Waals surface area contributed by atoms with E-state index in [2.05, 4.69) is 43.9 Å². The van der Waals surface area contributed by atoms with Crippen molar-refractivity contribution < 1.29 is 22.0 Å². The molecule has 10 heteroatoms. The number of fused-ring (bicyclic) bond motifs is 1. The number of alkyl halides is 4. The average Bonchev–Trinajstić information content (AvgIpc) is 3.36. The highest BCUT2D eigenvalue weighted by molar-refractivity contribution is 6.74. The van der Waals surface area contributed by atoms with E-state index in [-0.39, 0.29) is 11.6 Å². The molecule has 1 aliphatic heterocycles. The Hall–Kier alpha value is -2.46. The van der Waals surface area contributed by atoms with Crippen molar-refractivity contribution in [2.45, 2.75) is 70.2 Å². The van der Waals surface area contributed by atoms with Crippen molar-refractivity contribution in [3.8, 4) is 11.3 Å². The molecule has 2 aromatic heterocycles. The van der Waals surface area contributed by atoms with Crippen LogP contribution in [0, 0.1) is 0 Å². The first kappa shape index (κ1) is 25.6. The zero-order valence-corrected chi connectivity index (χ0v) is 21.9. The van der Waals surface area contributed by atoms with E-state index in [1.54, 1.807) is 18.2 Å². The summed E-state index contributed by atoms with van der Waals surface area (Å²) >= 11 is 0. The minimum absolute atomic E-state index is 0.0241. The van der Waals surface area contributed by atoms with Gasteiger partial charge in [0, 0.05) is 18.5 Å². The van der Waals surface area contributed by atoms with Gasteiger partial charge in [0.05, 0.1) is 30.1 Å². The Labute approximate surface area is 204 Å². The van der Waals surface area contributed by atoms with Gasteiger partial charge < -0.3 is 9.33 Å². The number of aromatic nitrogens is 3. The first-order valence-corrected chi connectivity index (χ1v) is 14.7. The zero-order chi connectivity index (χ0) is 25.8. The Balaban J connectivity index is 1.59. The molecule has 1 aliphatic rings. The van der Waals surface area contributed by atoms with Crippen molar-refractivity contribution in [1.29, 1.82) is 0 Å². The lowest BCUT2D eigenvalue weighted by Gasteiger charge is -2.41. The quantitative estimate of drug-likeness (QED) is 0.283. The van der Waals surface area contributed by atoms with Crippen LogP contribution in [-0.2, 0) is 10.6 Å². The minimum Gasteiger partial charge on any atom is -0.411 e. The van der Waals surface area contributed by atoms with Gasteiger partial charge in [-0.2, -0.15) is 13.2 Å². The lowest BCUT2D eigenvalue weighted by Crippen LogP contribution is -2.50. The van der Waals surface area contributed by atoms with E-state index in [0.717, 1.165) is 12.1 Å². The highest BCUT2D eigenvalue weighted by atomic mass is 28.4. The van der Waals surface area contributed by atoms with Crippen LogP contribution in [0.1, 0.15) is 39.7 Å². The van der Waals surface area contributed by atoms with Gasteiger partial charge in [-0.05, 0) is 49.3 Å². The molecule has 4 rings (SSSR count). The predicted octanol–water partition coefficient (Wildman–Crippen LogP) is 6.74. The molecule has 5 nitrogen and oxygen atoms in total. The van der Waals surface area contributed by atoms with Gasteiger partial charge in [-0.1, -0.05) is 32.9 Å². The molecule has 1 aromatic carbocycles. The third kappa shape index (κ3) is 4.95. The molecule has 1 fully saturated rings. The van der Waals surface area contributed by atoms with Crippen molar-refractivity contribution in [3.63, 3.8) is 0 Å². The molecule has 3 heterocycles. The van der Waals surface area contributed by atoms with Crippen LogP contribution in [0.5, 0.6) is 0 Å². The molecular formula is C25H32F4N4OSi. The number of hydrogen-bond acceptors (Lipinski definition) is 4. The summed E-state index contributed by atoms with van der Waals surface area (Å²) in [6.07, 6.45) is -3.20. The van der Waals surface area contributed by atoms with Crippen molar-refractivity contribution >= 4 is 19.8 Å². The second-order valence-corrected chi connectivity index (χ2v) is 15.7. The van der Waals surface area contributed by atoms with Gasteiger partial charge in [-0.25, -0.2) is 13.9 Å². The van der Waals surface area contributed by atoms with Crippen LogP contribution in [0.25, 0.3) is 16.9 Å². The Morgan fingerprint density at radius 2 is 1.83 bits per heavy atom. The molecule has 0 spiro atoms. The first-order chi connectivity index (χ1) is 16.1. The normalized spacial score (nSPS) is 20.6. The number of benzene rings is 1. The van der Waals surface area contributed by atoms with E-state index in [9.17, 15) is 13.2 Å². The predicted molar refractivity (Wildman–Crippen MR) is 132 cm³/mol. The van der Waals surface area contributed by atoms with Crippen molar-refractivity contribution in [2.24, 2.45) is 0 Å². The topological polar surface area (TPSA) is 42.7 Å². The van der Waals surface area contributed by atoms with Gasteiger partial charge in [0.15, 0.2) is 19.6 Å². The van der Waals surface area contributed by atoms with Crippen LogP contribution in [0.2, 0.25) is 18.1 Å². The van der Waals surface area contributed by atoms with E-state index >= 15 is 4.39 Å². The largest absolute Gasteiger partial charge is 0.416 e. The van der Waals surface area contributed by atoms with Crippen LogP contribution in [-0.4, -0.2) is 47.8 Å². The highest BCUT2D eigenvalue weighted by Gasteiger charge is 2.48. The van der Waals surface area contributed by atoms with E-state index in [4.69, 9.17) is 4.43 Å². The molecule has 0 bridgehead atoms. The van der Waals surface area contributed by atoms with Gasteiger partial charge in [0.25, 0.3) is 0 Å². The standard InChI is InChI=1S/C25H32F4N4OSi/c1-17(34-35(5,6)23(2,3)4)24(26)12-13-32(16-24)22-11-10-21-30-15-20(33(21)31-22)18-8-7-9-19(14-18)25(27,28)29/h7-11,14-15,17H,12-13,16H2,1-6H3. The third-order valence-corrected chi connectivity index (χ3v) is 12.0. The second-order valence-electron chi connectivity index (χ2n) is 10.9. The summed E-state index contributed by atoms with van der Waals surface area (Å²) in [6.45, 7) is 13.0. The van der Waals surface area contributed by atoms with Crippen LogP contribution < -0.4 is 4.90 Å². The molecule has 190 valence electrons. The summed E-state index contributed by atoms with van der Waals surface area (Å²) < 4.78 is 63.5. The first-order valence-electron chi connectivity index (χ1n) is 11.7. The maximum atomic E-state index is 16.0. The second kappa shape index (κ2) is 8.58. The van der Waals surface area contributed by atoms with Crippen LogP contribution in [0.3, 0.4) is 0 Å². The summed E-state index contributed by atoms with van der Waals surface area (Å²) in [4.78, 5) is 6.15. The fourth-order valence-electron chi connectivity index (χ4n) is 4.13. The molecule has 1 saturated heterocycles. The van der Waals surface area contributed by atoms with Crippen molar-refractivity contribution in [2.75, 3.05) is 18.0 Å². The van der Waals surface area contributed by atoms with Gasteiger partial charge >= 0.3 is 6.18 Å². The maximum absolute atomic E-state index is 16.0. The molecule has 35 heavy (non-hydrogen) atoms. The Morgan fingerprint density at radius 3 is 2.49 bits per heavy atom. The minimum atomic E-state index is -4.45. The van der Waals surface area contributed by atoms with E-state index < -0.39 is 31.8 Å². The van der Waals surface area contributed by atoms with E-state index in [1.807, 2.05) is 11.8 Å². The smallest absolute Gasteiger partial charge is 0.411 e. The number of anilines is 1. The highest BCUT2D eigenvalue weighted by Crippen LogP contribution is 2.41. The summed E-state index contributed by atoms with van der Waals surface area (Å²) in [6, 6.07) is 8.58. The fraction of sp³-hybridized carbons (Fsp3) is 0.520. The fourth-order valence-corrected chi connectivity index (χ4v) is 5.58. The van der Waals surface area contributed by atoms with Crippen molar-refractivity contribution in [3.05, 3.63) is 48.2 Å². The molecule has 0 radical (unpaired) electrons. The van der Waals surface area contributed by atoms with Gasteiger partial charge in [-0.15, -0.1) is 5.10 Å². The molecule has 2 atom stereocenters. The maximum Gasteiger partial charge on any atom is 0.416 e. The van der Waals surface area contributed by atoms with Crippen LogP contribution in [0.4, 0.5) is 23.4 Å². The van der Waals surface area contributed by atoms with Crippen LogP contribution in [0.15, 0.2) is 42.6 Å². The number of halogens is 4. The summed E-state index contributed by atoms with van der Waals surface area (Å²) in [5.74, 6) is 0.544. The summed E-state index contributed by atoms with van der Waals surface area (Å²) in [5.41, 5.74) is -0.965. The SMILES string of the molecule is CC(O[Si](C)(C)C(C)(C)C)C1(F)CCN(c2ccc3ncc(-c4cccc(C(F)(F)F)c4)n3n2)C1. The lowest BCUT2D eigenvalue weighted by atomic mass is 10.00. The van der Waals surface area contributed by atoms with Crippen LogP contribution >= 0.6 is 0 Å². The monoisotopic (exact) mass is 508 g/mol. The Bertz CT molecular complexity index is 1220. The number of rotatable bonds is 5. The Kier molecular flexibility index (Phi) is 6.28. The molecule has 2 unspecified atom stereocenters. The molecule has 3 aromatic rings. The number of imidazole rings is 1. The van der Waals surface area contributed by atoms with E-state index in [1.165, 1.54) is 16.8 Å². The molecule has 0 amide bonds. The third-order valence-electron chi connectivity index (χ3n) is 7.42. The average molecular weight is 509 g/mol. The summed E-state index contributed by atoms with van der Waals surface area (Å²) in [7, 11) is -2.14. The van der Waals surface area contributed by atoms with E-state index in [0.29, 0.717) is 35.7 Å². The summed E-state index contributed by atoms with van der Waals surface area (Å²) in [5, 5.41) is 4.60. The number of nitrogens with zero attached hydrogens (tertiary/aromatic N) is 4. The van der Waals surface area contributed by atoms with Gasteiger partial charge in [0.1, 0.15) is 5.82 Å². The molecule has 0 saturated carbocycles.